The van der Waals surface area contributed by atoms with E-state index in [9.17, 15) is 4.79 Å². The number of rotatable bonds is 13. The number of carbonyl (C=O) groups is 1. The van der Waals surface area contributed by atoms with E-state index < -0.39 is 0 Å². The zero-order valence-corrected chi connectivity index (χ0v) is 22.5. The van der Waals surface area contributed by atoms with Gasteiger partial charge in [0.15, 0.2) is 0 Å². The van der Waals surface area contributed by atoms with Crippen LogP contribution in [-0.4, -0.2) is 30.8 Å². The van der Waals surface area contributed by atoms with Crippen LogP contribution in [0.3, 0.4) is 0 Å². The zero-order chi connectivity index (χ0) is 25.3. The lowest BCUT2D eigenvalue weighted by Crippen LogP contribution is -2.08. The molecule has 1 heterocycles. The van der Waals surface area contributed by atoms with Crippen molar-refractivity contribution in [2.45, 2.75) is 71.6 Å². The van der Waals surface area contributed by atoms with Gasteiger partial charge in [0.2, 0.25) is 0 Å². The van der Waals surface area contributed by atoms with Gasteiger partial charge in [0.05, 0.1) is 31.9 Å². The molecule has 3 aromatic rings. The van der Waals surface area contributed by atoms with Crippen LogP contribution < -0.4 is 9.47 Å². The highest BCUT2D eigenvalue weighted by molar-refractivity contribution is 7.13. The number of thiazole rings is 1. The van der Waals surface area contributed by atoms with Gasteiger partial charge in [-0.3, -0.25) is 4.79 Å². The molecule has 1 aromatic heterocycles. The highest BCUT2D eigenvalue weighted by atomic mass is 32.1. The van der Waals surface area contributed by atoms with Crippen molar-refractivity contribution in [3.8, 4) is 22.1 Å². The average molecular weight is 508 g/mol. The van der Waals surface area contributed by atoms with Gasteiger partial charge in [0.1, 0.15) is 16.5 Å². The molecule has 0 aliphatic heterocycles. The lowest BCUT2D eigenvalue weighted by Gasteiger charge is -2.14. The predicted molar refractivity (Wildman–Crippen MR) is 145 cm³/mol. The number of nitrogens with zero attached hydrogens (tertiary/aromatic N) is 1. The Morgan fingerprint density at radius 2 is 1.94 bits per heavy atom. The van der Waals surface area contributed by atoms with Crippen LogP contribution >= 0.6 is 11.3 Å². The summed E-state index contributed by atoms with van der Waals surface area (Å²) in [4.78, 5) is 16.6. The van der Waals surface area contributed by atoms with Crippen molar-refractivity contribution in [2.75, 3.05) is 19.8 Å². The molecule has 1 aliphatic carbocycles. The number of hydrogen-bond donors (Lipinski definition) is 0. The van der Waals surface area contributed by atoms with Gasteiger partial charge in [-0.15, -0.1) is 11.3 Å². The first kappa shape index (κ1) is 26.2. The molecular weight excluding hydrogens is 470 g/mol. The fourth-order valence-corrected chi connectivity index (χ4v) is 5.66. The molecule has 4 rings (SSSR count). The van der Waals surface area contributed by atoms with Crippen LogP contribution in [0.2, 0.25) is 0 Å². The molecule has 0 saturated carbocycles. The molecule has 0 saturated heterocycles. The Morgan fingerprint density at radius 3 is 2.72 bits per heavy atom. The minimum absolute atomic E-state index is 0.110. The summed E-state index contributed by atoms with van der Waals surface area (Å²) < 4.78 is 17.3. The molecule has 5 nitrogen and oxygen atoms in total. The SMILES string of the molecule is CCCc1cc(-c2nc(CC)cs2)ccc1OCCCOc1ccc2c(c1)CC[C@H]2CC(=O)OCC. The van der Waals surface area contributed by atoms with Crippen molar-refractivity contribution in [3.63, 3.8) is 0 Å². The van der Waals surface area contributed by atoms with Gasteiger partial charge in [-0.05, 0) is 85.5 Å². The van der Waals surface area contributed by atoms with Crippen LogP contribution in [0.15, 0.2) is 41.8 Å². The standard InChI is InChI=1S/C30H37NO4S/c1-4-8-23-17-24(30-31-25(5-2)20-36-30)11-14-28(23)35-16-7-15-34-26-12-13-27-21(18-26)9-10-22(27)19-29(32)33-6-3/h11-14,17-18,20,22H,4-10,15-16,19H2,1-3H3/t22-/m0/s1. The van der Waals surface area contributed by atoms with E-state index in [4.69, 9.17) is 19.2 Å². The van der Waals surface area contributed by atoms with Gasteiger partial charge < -0.3 is 14.2 Å². The van der Waals surface area contributed by atoms with Gasteiger partial charge in [-0.2, -0.15) is 0 Å². The Balaban J connectivity index is 1.27. The number of aryl methyl sites for hydroxylation is 3. The Bertz CT molecular complexity index is 1160. The highest BCUT2D eigenvalue weighted by Crippen LogP contribution is 2.37. The number of esters is 1. The van der Waals surface area contributed by atoms with Crippen molar-refractivity contribution in [1.29, 1.82) is 0 Å². The van der Waals surface area contributed by atoms with Crippen LogP contribution in [0.4, 0.5) is 0 Å². The molecule has 36 heavy (non-hydrogen) atoms. The van der Waals surface area contributed by atoms with Crippen molar-refractivity contribution < 1.29 is 19.0 Å². The van der Waals surface area contributed by atoms with Crippen LogP contribution in [0, 0.1) is 0 Å². The molecule has 0 unspecified atom stereocenters. The second-order valence-corrected chi connectivity index (χ2v) is 10.1. The number of benzene rings is 2. The normalized spacial score (nSPS) is 14.5. The molecule has 0 amide bonds. The maximum atomic E-state index is 11.9. The summed E-state index contributed by atoms with van der Waals surface area (Å²) in [6, 6.07) is 12.7. The summed E-state index contributed by atoms with van der Waals surface area (Å²) in [5, 5.41) is 3.22. The molecule has 0 N–H and O–H groups in total. The molecule has 0 fully saturated rings. The van der Waals surface area contributed by atoms with E-state index >= 15 is 0 Å². The Kier molecular flexibility index (Phi) is 9.40. The van der Waals surface area contributed by atoms with E-state index in [1.165, 1.54) is 22.3 Å². The molecule has 0 radical (unpaired) electrons. The van der Waals surface area contributed by atoms with E-state index in [0.717, 1.165) is 60.7 Å². The second-order valence-electron chi connectivity index (χ2n) is 9.23. The van der Waals surface area contributed by atoms with Gasteiger partial charge in [0, 0.05) is 17.4 Å². The summed E-state index contributed by atoms with van der Waals surface area (Å²) in [6.45, 7) is 7.83. The molecule has 1 atom stereocenters. The lowest BCUT2D eigenvalue weighted by molar-refractivity contribution is -0.143. The lowest BCUT2D eigenvalue weighted by atomic mass is 9.98. The third kappa shape index (κ3) is 6.67. The maximum absolute atomic E-state index is 11.9. The van der Waals surface area contributed by atoms with Crippen LogP contribution in [0.5, 0.6) is 11.5 Å². The average Bonchev–Trinajstić information content (AvgIpc) is 3.52. The first-order valence-corrected chi connectivity index (χ1v) is 14.1. The van der Waals surface area contributed by atoms with E-state index in [-0.39, 0.29) is 11.9 Å². The van der Waals surface area contributed by atoms with Crippen molar-refractivity contribution >= 4 is 17.3 Å². The van der Waals surface area contributed by atoms with Gasteiger partial charge in [-0.25, -0.2) is 4.98 Å². The van der Waals surface area contributed by atoms with Gasteiger partial charge in [0.25, 0.3) is 0 Å². The third-order valence-corrected chi connectivity index (χ3v) is 7.53. The zero-order valence-electron chi connectivity index (χ0n) is 21.7. The summed E-state index contributed by atoms with van der Waals surface area (Å²) >= 11 is 1.70. The summed E-state index contributed by atoms with van der Waals surface area (Å²) in [7, 11) is 0. The van der Waals surface area contributed by atoms with E-state index in [0.29, 0.717) is 26.2 Å². The second kappa shape index (κ2) is 12.9. The first-order valence-electron chi connectivity index (χ1n) is 13.2. The van der Waals surface area contributed by atoms with Crippen molar-refractivity contribution in [1.82, 2.24) is 4.98 Å². The quantitative estimate of drug-likeness (QED) is 0.182. The molecule has 0 bridgehead atoms. The minimum Gasteiger partial charge on any atom is -0.493 e. The topological polar surface area (TPSA) is 57.7 Å². The number of hydrogen-bond acceptors (Lipinski definition) is 6. The molecule has 6 heteroatoms. The number of aromatic nitrogens is 1. The Labute approximate surface area is 218 Å². The third-order valence-electron chi connectivity index (χ3n) is 6.59. The van der Waals surface area contributed by atoms with E-state index in [1.54, 1.807) is 11.3 Å². The van der Waals surface area contributed by atoms with Crippen molar-refractivity contribution in [3.05, 3.63) is 64.2 Å². The maximum Gasteiger partial charge on any atom is 0.306 e. The Hall–Kier alpha value is -2.86. The predicted octanol–water partition coefficient (Wildman–Crippen LogP) is 7.16. The highest BCUT2D eigenvalue weighted by Gasteiger charge is 2.25. The summed E-state index contributed by atoms with van der Waals surface area (Å²) in [6.07, 6.45) is 6.26. The van der Waals surface area contributed by atoms with Crippen LogP contribution in [-0.2, 0) is 28.8 Å². The van der Waals surface area contributed by atoms with Gasteiger partial charge >= 0.3 is 5.97 Å². The molecule has 2 aromatic carbocycles. The van der Waals surface area contributed by atoms with Crippen molar-refractivity contribution in [2.24, 2.45) is 0 Å². The molecule has 0 spiro atoms. The fraction of sp³-hybridized carbons (Fsp3) is 0.467. The van der Waals surface area contributed by atoms with E-state index in [1.807, 2.05) is 13.0 Å². The van der Waals surface area contributed by atoms with Crippen LogP contribution in [0.1, 0.15) is 74.8 Å². The molecule has 192 valence electrons. The first-order chi connectivity index (χ1) is 17.6. The van der Waals surface area contributed by atoms with E-state index in [2.05, 4.69) is 49.6 Å². The minimum atomic E-state index is -0.110. The number of fused-ring (bicyclic) bond motifs is 1. The van der Waals surface area contributed by atoms with Crippen LogP contribution in [0.25, 0.3) is 10.6 Å². The largest absolute Gasteiger partial charge is 0.493 e. The Morgan fingerprint density at radius 1 is 1.08 bits per heavy atom. The number of carbonyl (C=O) groups excluding carboxylic acids is 1. The monoisotopic (exact) mass is 507 g/mol. The number of ether oxygens (including phenoxy) is 3. The van der Waals surface area contributed by atoms with Gasteiger partial charge in [-0.1, -0.05) is 26.3 Å². The smallest absolute Gasteiger partial charge is 0.306 e. The fourth-order valence-electron chi connectivity index (χ4n) is 4.76. The summed E-state index contributed by atoms with van der Waals surface area (Å²) in [5.74, 6) is 1.99. The summed E-state index contributed by atoms with van der Waals surface area (Å²) in [5.41, 5.74) is 6.09. The molecular formula is C30H37NO4S. The molecule has 1 aliphatic rings.